The van der Waals surface area contributed by atoms with Crippen LogP contribution in [-0.2, 0) is 16.1 Å². The number of benzene rings is 2. The zero-order chi connectivity index (χ0) is 21.6. The van der Waals surface area contributed by atoms with Gasteiger partial charge in [-0.2, -0.15) is 0 Å². The van der Waals surface area contributed by atoms with E-state index in [1.807, 2.05) is 57.2 Å². The van der Waals surface area contributed by atoms with Gasteiger partial charge in [0.15, 0.2) is 6.61 Å². The highest BCUT2D eigenvalue weighted by molar-refractivity contribution is 9.10. The molecule has 0 saturated heterocycles. The van der Waals surface area contributed by atoms with Gasteiger partial charge in [-0.05, 0) is 68.7 Å². The van der Waals surface area contributed by atoms with Gasteiger partial charge in [-0.3, -0.25) is 9.59 Å². The molecular weight excluding hydrogens is 500 g/mol. The quantitative estimate of drug-likeness (QED) is 0.540. The summed E-state index contributed by atoms with van der Waals surface area (Å²) in [5.41, 5.74) is 3.01. The van der Waals surface area contributed by atoms with Crippen molar-refractivity contribution in [3.05, 3.63) is 62.0 Å². The maximum atomic E-state index is 13.0. The molecule has 156 valence electrons. The molecule has 0 saturated carbocycles. The Hall–Kier alpha value is -1.86. The number of nitrogens with one attached hydrogen (secondary N) is 1. The Morgan fingerprint density at radius 3 is 2.24 bits per heavy atom. The first-order valence-electron chi connectivity index (χ1n) is 9.44. The summed E-state index contributed by atoms with van der Waals surface area (Å²) >= 11 is 6.94. The first kappa shape index (κ1) is 23.4. The van der Waals surface area contributed by atoms with E-state index >= 15 is 0 Å². The molecule has 1 atom stereocenters. The van der Waals surface area contributed by atoms with Gasteiger partial charge in [0.1, 0.15) is 11.8 Å². The van der Waals surface area contributed by atoms with E-state index in [0.717, 1.165) is 25.6 Å². The highest BCUT2D eigenvalue weighted by Gasteiger charge is 2.26. The molecule has 0 aromatic heterocycles. The van der Waals surface area contributed by atoms with Crippen LogP contribution in [0.1, 0.15) is 30.5 Å². The van der Waals surface area contributed by atoms with Crippen LogP contribution in [0.4, 0.5) is 0 Å². The molecule has 7 heteroatoms. The van der Waals surface area contributed by atoms with Crippen molar-refractivity contribution in [3.63, 3.8) is 0 Å². The lowest BCUT2D eigenvalue weighted by molar-refractivity contribution is -0.142. The zero-order valence-electron chi connectivity index (χ0n) is 17.1. The maximum Gasteiger partial charge on any atom is 0.261 e. The number of carbonyl (C=O) groups excluding carboxylic acids is 2. The van der Waals surface area contributed by atoms with E-state index in [2.05, 4.69) is 37.2 Å². The highest BCUT2D eigenvalue weighted by atomic mass is 79.9. The van der Waals surface area contributed by atoms with Gasteiger partial charge in [-0.25, -0.2) is 0 Å². The molecule has 2 aromatic rings. The van der Waals surface area contributed by atoms with Crippen LogP contribution in [0.25, 0.3) is 0 Å². The Balaban J connectivity index is 2.16. The number of hydrogen-bond donors (Lipinski definition) is 1. The fourth-order valence-corrected chi connectivity index (χ4v) is 3.40. The normalized spacial score (nSPS) is 11.7. The Morgan fingerprint density at radius 1 is 1.10 bits per heavy atom. The molecule has 0 fully saturated rings. The predicted octanol–water partition coefficient (Wildman–Crippen LogP) is 4.76. The monoisotopic (exact) mass is 524 g/mol. The number of carbonyl (C=O) groups is 2. The second-order valence-electron chi connectivity index (χ2n) is 6.88. The average molecular weight is 526 g/mol. The molecule has 0 aliphatic heterocycles. The largest absolute Gasteiger partial charge is 0.484 e. The second-order valence-corrected chi connectivity index (χ2v) is 8.59. The molecule has 2 rings (SSSR count). The number of ether oxygens (including phenoxy) is 1. The number of amides is 2. The minimum atomic E-state index is -0.608. The van der Waals surface area contributed by atoms with Crippen LogP contribution in [-0.4, -0.2) is 35.9 Å². The molecule has 1 unspecified atom stereocenters. The molecule has 0 bridgehead atoms. The molecular formula is C22H26Br2N2O3. The smallest absolute Gasteiger partial charge is 0.261 e. The summed E-state index contributed by atoms with van der Waals surface area (Å²) in [5.74, 6) is 0.198. The number of hydrogen-bond acceptors (Lipinski definition) is 3. The van der Waals surface area contributed by atoms with Crippen LogP contribution < -0.4 is 10.1 Å². The van der Waals surface area contributed by atoms with Crippen LogP contribution >= 0.6 is 31.9 Å². The van der Waals surface area contributed by atoms with Crippen molar-refractivity contribution in [1.29, 1.82) is 0 Å². The SMILES string of the molecule is CCNC(=O)C(C)N(Cc1ccc(Br)cc1)C(=O)COc1cc(C)c(Br)c(C)c1. The van der Waals surface area contributed by atoms with E-state index in [-0.39, 0.29) is 18.4 Å². The molecule has 0 aliphatic carbocycles. The van der Waals surface area contributed by atoms with E-state index in [1.165, 1.54) is 0 Å². The Morgan fingerprint density at radius 2 is 1.69 bits per heavy atom. The summed E-state index contributed by atoms with van der Waals surface area (Å²) in [6, 6.07) is 10.8. The minimum absolute atomic E-state index is 0.138. The predicted molar refractivity (Wildman–Crippen MR) is 122 cm³/mol. The van der Waals surface area contributed by atoms with E-state index in [9.17, 15) is 9.59 Å². The standard InChI is InChI=1S/C22H26Br2N2O3/c1-5-25-22(28)16(4)26(12-17-6-8-18(23)9-7-17)20(27)13-29-19-10-14(2)21(24)15(3)11-19/h6-11,16H,5,12-13H2,1-4H3,(H,25,28). The van der Waals surface area contributed by atoms with E-state index in [1.54, 1.807) is 11.8 Å². The van der Waals surface area contributed by atoms with Crippen molar-refractivity contribution in [1.82, 2.24) is 10.2 Å². The fraction of sp³-hybridized carbons (Fsp3) is 0.364. The van der Waals surface area contributed by atoms with Gasteiger partial charge in [-0.15, -0.1) is 0 Å². The van der Waals surface area contributed by atoms with Crippen molar-refractivity contribution < 1.29 is 14.3 Å². The number of nitrogens with zero attached hydrogens (tertiary/aromatic N) is 1. The lowest BCUT2D eigenvalue weighted by atomic mass is 10.1. The number of likely N-dealkylation sites (N-methyl/N-ethyl adjacent to an activating group) is 1. The molecule has 5 nitrogen and oxygen atoms in total. The summed E-state index contributed by atoms with van der Waals surface area (Å²) in [4.78, 5) is 26.9. The maximum absolute atomic E-state index is 13.0. The number of halogens is 2. The molecule has 0 aliphatic rings. The zero-order valence-corrected chi connectivity index (χ0v) is 20.3. The van der Waals surface area contributed by atoms with Crippen LogP contribution in [0.15, 0.2) is 45.3 Å². The average Bonchev–Trinajstić information content (AvgIpc) is 2.69. The lowest BCUT2D eigenvalue weighted by Crippen LogP contribution is -2.49. The minimum Gasteiger partial charge on any atom is -0.484 e. The highest BCUT2D eigenvalue weighted by Crippen LogP contribution is 2.26. The summed E-state index contributed by atoms with van der Waals surface area (Å²) in [7, 11) is 0. The van der Waals surface area contributed by atoms with E-state index < -0.39 is 6.04 Å². The van der Waals surface area contributed by atoms with Gasteiger partial charge in [0.05, 0.1) is 0 Å². The second kappa shape index (κ2) is 10.8. The molecule has 2 amide bonds. The summed E-state index contributed by atoms with van der Waals surface area (Å²) in [5, 5.41) is 2.78. The number of rotatable bonds is 8. The van der Waals surface area contributed by atoms with E-state index in [4.69, 9.17) is 4.74 Å². The summed E-state index contributed by atoms with van der Waals surface area (Å²) in [6.45, 7) is 8.23. The number of aryl methyl sites for hydroxylation is 2. The molecule has 2 aromatic carbocycles. The van der Waals surface area contributed by atoms with Gasteiger partial charge in [0.2, 0.25) is 5.91 Å². The molecule has 1 N–H and O–H groups in total. The lowest BCUT2D eigenvalue weighted by Gasteiger charge is -2.28. The van der Waals surface area contributed by atoms with Crippen molar-refractivity contribution in [3.8, 4) is 5.75 Å². The molecule has 29 heavy (non-hydrogen) atoms. The third kappa shape index (κ3) is 6.57. The topological polar surface area (TPSA) is 58.6 Å². The van der Waals surface area contributed by atoms with Crippen LogP contribution in [0.3, 0.4) is 0 Å². The first-order chi connectivity index (χ1) is 13.7. The van der Waals surface area contributed by atoms with Gasteiger partial charge in [0, 0.05) is 22.0 Å². The van der Waals surface area contributed by atoms with Crippen LogP contribution in [0.2, 0.25) is 0 Å². The summed E-state index contributed by atoms with van der Waals surface area (Å²) in [6.07, 6.45) is 0. The first-order valence-corrected chi connectivity index (χ1v) is 11.0. The third-order valence-electron chi connectivity index (χ3n) is 4.56. The van der Waals surface area contributed by atoms with Crippen molar-refractivity contribution in [2.45, 2.75) is 40.3 Å². The van der Waals surface area contributed by atoms with Gasteiger partial charge in [-0.1, -0.05) is 44.0 Å². The van der Waals surface area contributed by atoms with Gasteiger partial charge in [0.25, 0.3) is 5.91 Å². The Kier molecular flexibility index (Phi) is 8.71. The van der Waals surface area contributed by atoms with Crippen molar-refractivity contribution in [2.24, 2.45) is 0 Å². The Labute approximate surface area is 189 Å². The molecule has 0 spiro atoms. The van der Waals surface area contributed by atoms with Crippen molar-refractivity contribution in [2.75, 3.05) is 13.2 Å². The fourth-order valence-electron chi connectivity index (χ4n) is 2.91. The third-order valence-corrected chi connectivity index (χ3v) is 6.34. The molecule has 0 radical (unpaired) electrons. The van der Waals surface area contributed by atoms with Crippen LogP contribution in [0, 0.1) is 13.8 Å². The summed E-state index contributed by atoms with van der Waals surface area (Å²) < 4.78 is 7.75. The van der Waals surface area contributed by atoms with Gasteiger partial charge < -0.3 is 15.0 Å². The van der Waals surface area contributed by atoms with Crippen molar-refractivity contribution >= 4 is 43.7 Å². The van der Waals surface area contributed by atoms with E-state index in [0.29, 0.717) is 18.8 Å². The van der Waals surface area contributed by atoms with Gasteiger partial charge >= 0.3 is 0 Å². The Bertz CT molecular complexity index is 846. The van der Waals surface area contributed by atoms with Crippen LogP contribution in [0.5, 0.6) is 5.75 Å². The molecule has 0 heterocycles.